The molecule has 3 rings (SSSR count). The first-order valence-electron chi connectivity index (χ1n) is 13.7. The third kappa shape index (κ3) is 9.31. The van der Waals surface area contributed by atoms with E-state index in [0.29, 0.717) is 17.1 Å². The number of hydrogen-bond acceptors (Lipinski definition) is 7. The second-order valence-electron chi connectivity index (χ2n) is 9.99. The minimum Gasteiger partial charge on any atom is -0.495 e. The average Bonchev–Trinajstić information content (AvgIpc) is 2.98. The van der Waals surface area contributed by atoms with E-state index in [2.05, 4.69) is 5.32 Å². The Morgan fingerprint density at radius 1 is 1.07 bits per heavy atom. The van der Waals surface area contributed by atoms with E-state index in [1.165, 1.54) is 24.1 Å². The number of carbonyl (C=O) groups is 2. The van der Waals surface area contributed by atoms with E-state index in [9.17, 15) is 28.1 Å². The minimum absolute atomic E-state index is 0.000681. The summed E-state index contributed by atoms with van der Waals surface area (Å²) in [5.41, 5.74) is 0.643. The quantitative estimate of drug-likeness (QED) is 0.133. The molecule has 236 valence electrons. The van der Waals surface area contributed by atoms with Crippen LogP contribution >= 0.6 is 23.2 Å². The monoisotopic (exact) mass is 664 g/mol. The van der Waals surface area contributed by atoms with Crippen molar-refractivity contribution in [3.05, 3.63) is 98.0 Å². The number of non-ortho nitro benzene ring substituents is 1. The van der Waals surface area contributed by atoms with Crippen LogP contribution in [0.25, 0.3) is 0 Å². The molecule has 11 nitrogen and oxygen atoms in total. The van der Waals surface area contributed by atoms with Crippen molar-refractivity contribution in [1.82, 2.24) is 10.2 Å². The topological polar surface area (TPSA) is 139 Å². The first-order valence-corrected chi connectivity index (χ1v) is 16.3. The molecule has 0 heterocycles. The number of halogens is 2. The molecule has 44 heavy (non-hydrogen) atoms. The van der Waals surface area contributed by atoms with Crippen molar-refractivity contribution >= 4 is 56.4 Å². The maximum Gasteiger partial charge on any atom is 0.271 e. The summed E-state index contributed by atoms with van der Waals surface area (Å²) in [6.07, 6.45) is 2.54. The van der Waals surface area contributed by atoms with Crippen LogP contribution in [0.2, 0.25) is 10.0 Å². The van der Waals surface area contributed by atoms with Crippen molar-refractivity contribution in [2.24, 2.45) is 0 Å². The molecule has 0 spiro atoms. The third-order valence-corrected chi connectivity index (χ3v) is 8.49. The van der Waals surface area contributed by atoms with E-state index in [0.717, 1.165) is 41.1 Å². The smallest absolute Gasteiger partial charge is 0.271 e. The first kappa shape index (κ1) is 34.6. The van der Waals surface area contributed by atoms with Crippen molar-refractivity contribution in [3.8, 4) is 5.75 Å². The van der Waals surface area contributed by atoms with Gasteiger partial charge in [0.2, 0.25) is 21.8 Å². The number of hydrogen-bond donors (Lipinski definition) is 1. The fourth-order valence-corrected chi connectivity index (χ4v) is 5.79. The van der Waals surface area contributed by atoms with Gasteiger partial charge in [-0.15, -0.1) is 0 Å². The van der Waals surface area contributed by atoms with E-state index in [-0.39, 0.29) is 29.4 Å². The molecule has 0 saturated heterocycles. The van der Waals surface area contributed by atoms with Crippen molar-refractivity contribution in [3.63, 3.8) is 0 Å². The van der Waals surface area contributed by atoms with Crippen LogP contribution in [0.1, 0.15) is 30.9 Å². The maximum atomic E-state index is 14.2. The standard InChI is InChI=1S/C30H34Cl2N4O7S/c1-4-5-15-33-30(38)27(16-21-9-7-6-8-10-21)34(19-22-11-12-23(31)17-25(22)32)29(37)20-35(44(3,41)42)26-18-24(36(39)40)13-14-28(26)43-2/h6-14,17-18,27H,4-5,15-16,19-20H2,1-3H3,(H,33,38). The molecule has 1 unspecified atom stereocenters. The number of sulfonamides is 1. The molecule has 1 N–H and O–H groups in total. The fraction of sp³-hybridized carbons (Fsp3) is 0.333. The second kappa shape index (κ2) is 15.7. The van der Waals surface area contributed by atoms with Crippen molar-refractivity contribution in [2.75, 3.05) is 30.8 Å². The van der Waals surface area contributed by atoms with Gasteiger partial charge in [0, 0.05) is 41.7 Å². The van der Waals surface area contributed by atoms with E-state index in [1.54, 1.807) is 12.1 Å². The van der Waals surface area contributed by atoms with Gasteiger partial charge in [-0.25, -0.2) is 8.42 Å². The van der Waals surface area contributed by atoms with Gasteiger partial charge in [0.25, 0.3) is 5.69 Å². The number of amides is 2. The Hall–Kier alpha value is -3.87. The summed E-state index contributed by atoms with van der Waals surface area (Å²) in [7, 11) is -2.92. The average molecular weight is 666 g/mol. The van der Waals surface area contributed by atoms with Crippen molar-refractivity contribution < 1.29 is 27.7 Å². The lowest BCUT2D eigenvalue weighted by Gasteiger charge is -2.34. The molecule has 14 heteroatoms. The van der Waals surface area contributed by atoms with Gasteiger partial charge in [0.1, 0.15) is 24.0 Å². The van der Waals surface area contributed by atoms with Gasteiger partial charge in [-0.05, 0) is 35.7 Å². The van der Waals surface area contributed by atoms with Crippen LogP contribution in [0.5, 0.6) is 5.75 Å². The summed E-state index contributed by atoms with van der Waals surface area (Å²) in [6.45, 7) is 1.42. The zero-order chi connectivity index (χ0) is 32.4. The number of nitro groups is 1. The van der Waals surface area contributed by atoms with Gasteiger partial charge < -0.3 is 15.0 Å². The van der Waals surface area contributed by atoms with Crippen molar-refractivity contribution in [1.29, 1.82) is 0 Å². The second-order valence-corrected chi connectivity index (χ2v) is 12.7. The maximum absolute atomic E-state index is 14.2. The molecule has 0 saturated carbocycles. The highest BCUT2D eigenvalue weighted by Gasteiger charge is 2.34. The summed E-state index contributed by atoms with van der Waals surface area (Å²) < 4.78 is 32.2. The summed E-state index contributed by atoms with van der Waals surface area (Å²) in [5.74, 6) is -1.18. The van der Waals surface area contributed by atoms with Crippen LogP contribution in [0, 0.1) is 10.1 Å². The van der Waals surface area contributed by atoms with Gasteiger partial charge >= 0.3 is 0 Å². The van der Waals surface area contributed by atoms with Gasteiger partial charge in [0.15, 0.2) is 0 Å². The molecule has 0 aliphatic heterocycles. The highest BCUT2D eigenvalue weighted by molar-refractivity contribution is 7.92. The molecule has 3 aromatic rings. The van der Waals surface area contributed by atoms with Crippen LogP contribution in [0.3, 0.4) is 0 Å². The van der Waals surface area contributed by atoms with Crippen LogP contribution in [-0.2, 0) is 32.6 Å². The zero-order valence-electron chi connectivity index (χ0n) is 24.5. The molecule has 0 aromatic heterocycles. The Morgan fingerprint density at radius 3 is 2.36 bits per heavy atom. The third-order valence-electron chi connectivity index (χ3n) is 6.78. The molecule has 0 aliphatic rings. The fourth-order valence-electron chi connectivity index (χ4n) is 4.48. The van der Waals surface area contributed by atoms with Crippen molar-refractivity contribution in [2.45, 2.75) is 38.8 Å². The molecule has 1 atom stereocenters. The minimum atomic E-state index is -4.19. The summed E-state index contributed by atoms with van der Waals surface area (Å²) in [5, 5.41) is 15.0. The number of anilines is 1. The number of carbonyl (C=O) groups excluding carboxylic acids is 2. The predicted octanol–water partition coefficient (Wildman–Crippen LogP) is 5.23. The van der Waals surface area contributed by atoms with Crippen LogP contribution in [0.15, 0.2) is 66.7 Å². The number of methoxy groups -OCH3 is 1. The van der Waals surface area contributed by atoms with Gasteiger partial charge in [0.05, 0.1) is 18.3 Å². The van der Waals surface area contributed by atoms with Crippen LogP contribution in [0.4, 0.5) is 11.4 Å². The number of ether oxygens (including phenoxy) is 1. The van der Waals surface area contributed by atoms with Crippen LogP contribution in [-0.4, -0.2) is 62.6 Å². The largest absolute Gasteiger partial charge is 0.495 e. The Balaban J connectivity index is 2.13. The Kier molecular flexibility index (Phi) is 12.4. The molecule has 0 radical (unpaired) electrons. The predicted molar refractivity (Wildman–Crippen MR) is 171 cm³/mol. The zero-order valence-corrected chi connectivity index (χ0v) is 26.9. The highest BCUT2D eigenvalue weighted by Crippen LogP contribution is 2.34. The normalized spacial score (nSPS) is 11.8. The molecule has 3 aromatic carbocycles. The summed E-state index contributed by atoms with van der Waals surface area (Å²) in [4.78, 5) is 40.0. The Morgan fingerprint density at radius 2 is 1.77 bits per heavy atom. The van der Waals surface area contributed by atoms with Gasteiger partial charge in [-0.1, -0.05) is 72.9 Å². The van der Waals surface area contributed by atoms with Gasteiger partial charge in [-0.2, -0.15) is 0 Å². The molecule has 2 amide bonds. The lowest BCUT2D eigenvalue weighted by Crippen LogP contribution is -2.53. The molecule has 0 bridgehead atoms. The number of benzene rings is 3. The van der Waals surface area contributed by atoms with E-state index in [1.807, 2.05) is 37.3 Å². The molecular formula is C30H34Cl2N4O7S. The number of nitrogens with one attached hydrogen (secondary N) is 1. The Bertz CT molecular complexity index is 1590. The van der Waals surface area contributed by atoms with Crippen LogP contribution < -0.4 is 14.4 Å². The molecule has 0 fully saturated rings. The number of nitrogens with zero attached hydrogens (tertiary/aromatic N) is 3. The summed E-state index contributed by atoms with van der Waals surface area (Å²) >= 11 is 12.6. The highest BCUT2D eigenvalue weighted by atomic mass is 35.5. The van der Waals surface area contributed by atoms with E-state index < -0.39 is 45.0 Å². The molecular weight excluding hydrogens is 631 g/mol. The number of rotatable bonds is 15. The van der Waals surface area contributed by atoms with E-state index in [4.69, 9.17) is 27.9 Å². The SMILES string of the molecule is CCCCNC(=O)C(Cc1ccccc1)N(Cc1ccc(Cl)cc1Cl)C(=O)CN(c1cc([N+](=O)[O-])ccc1OC)S(C)(=O)=O. The Labute approximate surface area is 266 Å². The van der Waals surface area contributed by atoms with E-state index >= 15 is 0 Å². The first-order chi connectivity index (χ1) is 20.8. The van der Waals surface area contributed by atoms with Gasteiger partial charge in [-0.3, -0.25) is 24.0 Å². The summed E-state index contributed by atoms with van der Waals surface area (Å²) in [6, 6.07) is 16.2. The lowest BCUT2D eigenvalue weighted by molar-refractivity contribution is -0.384. The lowest BCUT2D eigenvalue weighted by atomic mass is 10.0. The number of nitro benzene ring substituents is 1. The number of unbranched alkanes of at least 4 members (excludes halogenated alkanes) is 1. The molecule has 0 aliphatic carbocycles.